The summed E-state index contributed by atoms with van der Waals surface area (Å²) in [7, 11) is 1.85. The van der Waals surface area contributed by atoms with Gasteiger partial charge in [-0.3, -0.25) is 9.48 Å². The second-order valence-electron chi connectivity index (χ2n) is 7.72. The summed E-state index contributed by atoms with van der Waals surface area (Å²) in [4.78, 5) is 17.6. The lowest BCUT2D eigenvalue weighted by Gasteiger charge is -2.12. The minimum Gasteiger partial charge on any atom is -0.490 e. The highest BCUT2D eigenvalue weighted by Gasteiger charge is 2.15. The number of benzene rings is 3. The third kappa shape index (κ3) is 5.07. The lowest BCUT2D eigenvalue weighted by molar-refractivity contribution is 0.269. The van der Waals surface area contributed by atoms with Crippen molar-refractivity contribution >= 4 is 23.5 Å². The smallest absolute Gasteiger partial charge is 0.297 e. The number of para-hydroxylation sites is 1. The second-order valence-corrected chi connectivity index (χ2v) is 8.16. The van der Waals surface area contributed by atoms with Crippen LogP contribution in [0.15, 0.2) is 82.6 Å². The molecule has 0 aliphatic rings. The number of hydrogen-bond acceptors (Lipinski definition) is 4. The zero-order chi connectivity index (χ0) is 24.1. The Kier molecular flexibility index (Phi) is 7.18. The van der Waals surface area contributed by atoms with Crippen molar-refractivity contribution in [1.82, 2.24) is 9.36 Å². The summed E-state index contributed by atoms with van der Waals surface area (Å²) >= 11 is 5.95. The number of rotatable bonds is 8. The SMILES string of the molecule is CCOc1cc(C=Nc2c(C)n(C)n(-c3ccccc3)c2=O)ccc1OCc1ccc(Cl)cc1. The van der Waals surface area contributed by atoms with Crippen LogP contribution in [0.25, 0.3) is 5.69 Å². The molecule has 0 aliphatic heterocycles. The molecule has 6 nitrogen and oxygen atoms in total. The Morgan fingerprint density at radius 2 is 1.71 bits per heavy atom. The van der Waals surface area contributed by atoms with Crippen LogP contribution in [0.2, 0.25) is 5.02 Å². The summed E-state index contributed by atoms with van der Waals surface area (Å²) in [6.45, 7) is 4.69. The zero-order valence-corrected chi connectivity index (χ0v) is 20.1. The molecular weight excluding hydrogens is 450 g/mol. The zero-order valence-electron chi connectivity index (χ0n) is 19.4. The van der Waals surface area contributed by atoms with Gasteiger partial charge in [0.2, 0.25) is 0 Å². The van der Waals surface area contributed by atoms with Crippen molar-refractivity contribution in [3.63, 3.8) is 0 Å². The highest BCUT2D eigenvalue weighted by molar-refractivity contribution is 6.30. The molecule has 3 aromatic carbocycles. The van der Waals surface area contributed by atoms with Crippen molar-refractivity contribution in [2.45, 2.75) is 20.5 Å². The van der Waals surface area contributed by atoms with Gasteiger partial charge in [-0.05, 0) is 67.4 Å². The number of aromatic nitrogens is 2. The normalized spacial score (nSPS) is 11.2. The number of hydrogen-bond donors (Lipinski definition) is 0. The van der Waals surface area contributed by atoms with Crippen LogP contribution >= 0.6 is 11.6 Å². The quantitative estimate of drug-likeness (QED) is 0.300. The summed E-state index contributed by atoms with van der Waals surface area (Å²) in [6.07, 6.45) is 1.67. The van der Waals surface area contributed by atoms with E-state index in [1.165, 1.54) is 0 Å². The van der Waals surface area contributed by atoms with E-state index < -0.39 is 0 Å². The van der Waals surface area contributed by atoms with Crippen molar-refractivity contribution in [3.8, 4) is 17.2 Å². The van der Waals surface area contributed by atoms with Gasteiger partial charge < -0.3 is 9.47 Å². The van der Waals surface area contributed by atoms with Gasteiger partial charge in [-0.2, -0.15) is 0 Å². The molecule has 4 aromatic rings. The van der Waals surface area contributed by atoms with Gasteiger partial charge in [0.05, 0.1) is 18.0 Å². The standard InChI is InChI=1S/C27H26ClN3O3/c1-4-33-25-16-21(12-15-24(25)34-18-20-10-13-22(28)14-11-20)17-29-26-19(2)30(3)31(27(26)32)23-8-6-5-7-9-23/h5-17H,4,18H2,1-3H3. The van der Waals surface area contributed by atoms with E-state index in [2.05, 4.69) is 4.99 Å². The second kappa shape index (κ2) is 10.4. The van der Waals surface area contributed by atoms with E-state index in [0.717, 1.165) is 22.5 Å². The van der Waals surface area contributed by atoms with Crippen molar-refractivity contribution < 1.29 is 9.47 Å². The molecule has 0 atom stereocenters. The van der Waals surface area contributed by atoms with Crippen molar-refractivity contribution in [1.29, 1.82) is 0 Å². The van der Waals surface area contributed by atoms with E-state index in [-0.39, 0.29) is 5.56 Å². The molecule has 0 bridgehead atoms. The minimum atomic E-state index is -0.171. The van der Waals surface area contributed by atoms with Crippen LogP contribution in [0, 0.1) is 6.92 Å². The van der Waals surface area contributed by atoms with E-state index in [9.17, 15) is 4.79 Å². The van der Waals surface area contributed by atoms with Crippen molar-refractivity contribution in [3.05, 3.63) is 105 Å². The first-order valence-electron chi connectivity index (χ1n) is 11.0. The van der Waals surface area contributed by atoms with Crippen molar-refractivity contribution in [2.75, 3.05) is 6.61 Å². The monoisotopic (exact) mass is 475 g/mol. The van der Waals surface area contributed by atoms with Crippen LogP contribution in [0.1, 0.15) is 23.7 Å². The lowest BCUT2D eigenvalue weighted by atomic mass is 10.2. The molecule has 0 radical (unpaired) electrons. The Hall–Kier alpha value is -3.77. The summed E-state index contributed by atoms with van der Waals surface area (Å²) < 4.78 is 15.2. The van der Waals surface area contributed by atoms with E-state index in [1.807, 2.05) is 98.4 Å². The molecule has 1 aromatic heterocycles. The number of halogens is 1. The maximum Gasteiger partial charge on any atom is 0.297 e. The third-order valence-electron chi connectivity index (χ3n) is 5.44. The van der Waals surface area contributed by atoms with E-state index in [4.69, 9.17) is 21.1 Å². The molecule has 0 spiro atoms. The fraction of sp³-hybridized carbons (Fsp3) is 0.185. The Morgan fingerprint density at radius 3 is 2.41 bits per heavy atom. The van der Waals surface area contributed by atoms with Gasteiger partial charge in [0.1, 0.15) is 6.61 Å². The maximum absolute atomic E-state index is 13.1. The highest BCUT2D eigenvalue weighted by atomic mass is 35.5. The summed E-state index contributed by atoms with van der Waals surface area (Å²) in [5.74, 6) is 1.25. The predicted molar refractivity (Wildman–Crippen MR) is 136 cm³/mol. The fourth-order valence-corrected chi connectivity index (χ4v) is 3.70. The molecule has 0 saturated carbocycles. The van der Waals surface area contributed by atoms with Crippen LogP contribution in [-0.4, -0.2) is 22.2 Å². The van der Waals surface area contributed by atoms with E-state index in [0.29, 0.717) is 35.4 Å². The van der Waals surface area contributed by atoms with Gasteiger partial charge in [-0.1, -0.05) is 41.9 Å². The average Bonchev–Trinajstić information content (AvgIpc) is 3.06. The lowest BCUT2D eigenvalue weighted by Crippen LogP contribution is -2.19. The van der Waals surface area contributed by atoms with Crippen LogP contribution in [-0.2, 0) is 13.7 Å². The topological polar surface area (TPSA) is 57.8 Å². The molecule has 0 unspecified atom stereocenters. The van der Waals surface area contributed by atoms with Gasteiger partial charge in [-0.25, -0.2) is 9.67 Å². The predicted octanol–water partition coefficient (Wildman–Crippen LogP) is 5.87. The van der Waals surface area contributed by atoms with Gasteiger partial charge in [0.25, 0.3) is 5.56 Å². The van der Waals surface area contributed by atoms with Gasteiger partial charge in [0, 0.05) is 18.3 Å². The van der Waals surface area contributed by atoms with Gasteiger partial charge >= 0.3 is 0 Å². The molecule has 0 N–H and O–H groups in total. The molecule has 0 saturated heterocycles. The molecule has 34 heavy (non-hydrogen) atoms. The highest BCUT2D eigenvalue weighted by Crippen LogP contribution is 2.29. The van der Waals surface area contributed by atoms with E-state index >= 15 is 0 Å². The first-order chi connectivity index (χ1) is 16.5. The molecular formula is C27H26ClN3O3. The maximum atomic E-state index is 13.1. The number of ether oxygens (including phenoxy) is 2. The first kappa shape index (κ1) is 23.4. The largest absolute Gasteiger partial charge is 0.490 e. The Bertz CT molecular complexity index is 1360. The average molecular weight is 476 g/mol. The number of nitrogens with zero attached hydrogens (tertiary/aromatic N) is 3. The summed E-state index contributed by atoms with van der Waals surface area (Å²) in [6, 6.07) is 22.6. The molecule has 1 heterocycles. The Labute approximate surface area is 203 Å². The molecule has 0 fully saturated rings. The van der Waals surface area contributed by atoms with Crippen LogP contribution < -0.4 is 15.0 Å². The van der Waals surface area contributed by atoms with Crippen LogP contribution in [0.3, 0.4) is 0 Å². The van der Waals surface area contributed by atoms with Crippen LogP contribution in [0.4, 0.5) is 5.69 Å². The summed E-state index contributed by atoms with van der Waals surface area (Å²) in [5.41, 5.74) is 3.60. The van der Waals surface area contributed by atoms with Crippen LogP contribution in [0.5, 0.6) is 11.5 Å². The minimum absolute atomic E-state index is 0.171. The molecule has 174 valence electrons. The molecule has 0 aliphatic carbocycles. The molecule has 7 heteroatoms. The number of aliphatic imine (C=N–C) groups is 1. The molecule has 4 rings (SSSR count). The van der Waals surface area contributed by atoms with Crippen molar-refractivity contribution in [2.24, 2.45) is 12.0 Å². The van der Waals surface area contributed by atoms with Gasteiger partial charge in [0.15, 0.2) is 17.2 Å². The van der Waals surface area contributed by atoms with E-state index in [1.54, 1.807) is 10.9 Å². The first-order valence-corrected chi connectivity index (χ1v) is 11.4. The Balaban J connectivity index is 1.58. The Morgan fingerprint density at radius 1 is 0.971 bits per heavy atom. The van der Waals surface area contributed by atoms with Gasteiger partial charge in [-0.15, -0.1) is 0 Å². The molecule has 0 amide bonds. The fourth-order valence-electron chi connectivity index (χ4n) is 3.58. The summed E-state index contributed by atoms with van der Waals surface area (Å²) in [5, 5.41) is 0.687. The third-order valence-corrected chi connectivity index (χ3v) is 5.69.